The van der Waals surface area contributed by atoms with Gasteiger partial charge in [0.25, 0.3) is 0 Å². The maximum atomic E-state index is 13.0. The number of rotatable bonds is 7. The van der Waals surface area contributed by atoms with Crippen molar-refractivity contribution in [1.82, 2.24) is 9.62 Å². The van der Waals surface area contributed by atoms with Gasteiger partial charge >= 0.3 is 5.97 Å². The van der Waals surface area contributed by atoms with E-state index in [4.69, 9.17) is 11.6 Å². The molecule has 9 heteroatoms. The van der Waals surface area contributed by atoms with E-state index < -0.39 is 34.0 Å². The van der Waals surface area contributed by atoms with Crippen LogP contribution in [0.25, 0.3) is 0 Å². The molecule has 2 aromatic rings. The van der Waals surface area contributed by atoms with Crippen LogP contribution in [0.2, 0.25) is 5.02 Å². The molecule has 2 N–H and O–H groups in total. The summed E-state index contributed by atoms with van der Waals surface area (Å²) in [4.78, 5) is 24.6. The predicted octanol–water partition coefficient (Wildman–Crippen LogP) is 2.61. The second kappa shape index (κ2) is 9.16. The van der Waals surface area contributed by atoms with E-state index in [1.54, 1.807) is 36.4 Å². The molecule has 0 spiro atoms. The van der Waals surface area contributed by atoms with E-state index in [1.807, 2.05) is 6.92 Å². The maximum Gasteiger partial charge on any atom is 0.326 e. The van der Waals surface area contributed by atoms with Gasteiger partial charge in [-0.15, -0.1) is 0 Å². The third-order valence-corrected chi connectivity index (χ3v) is 7.28. The van der Waals surface area contributed by atoms with Gasteiger partial charge in [0.1, 0.15) is 12.1 Å². The predicted molar refractivity (Wildman–Crippen MR) is 113 cm³/mol. The van der Waals surface area contributed by atoms with Crippen molar-refractivity contribution in [2.75, 3.05) is 6.54 Å². The summed E-state index contributed by atoms with van der Waals surface area (Å²) in [5.74, 6) is -1.80. The lowest BCUT2D eigenvalue weighted by atomic mass is 10.1. The molecule has 1 aliphatic heterocycles. The zero-order valence-electron chi connectivity index (χ0n) is 16.4. The van der Waals surface area contributed by atoms with Crippen molar-refractivity contribution >= 4 is 33.5 Å². The molecular formula is C21H23ClN2O5S. The van der Waals surface area contributed by atoms with Crippen molar-refractivity contribution in [3.05, 3.63) is 64.7 Å². The minimum atomic E-state index is -3.86. The van der Waals surface area contributed by atoms with Gasteiger partial charge in [0.2, 0.25) is 15.9 Å². The van der Waals surface area contributed by atoms with Gasteiger partial charge in [-0.3, -0.25) is 4.79 Å². The first-order valence-electron chi connectivity index (χ1n) is 9.54. The number of aliphatic carboxylic acids is 1. The van der Waals surface area contributed by atoms with E-state index >= 15 is 0 Å². The van der Waals surface area contributed by atoms with Crippen LogP contribution in [-0.2, 0) is 26.0 Å². The van der Waals surface area contributed by atoms with Crippen molar-refractivity contribution in [2.45, 2.75) is 43.2 Å². The quantitative estimate of drug-likeness (QED) is 0.674. The van der Waals surface area contributed by atoms with Gasteiger partial charge in [0.15, 0.2) is 0 Å². The largest absolute Gasteiger partial charge is 0.480 e. The van der Waals surface area contributed by atoms with E-state index in [0.29, 0.717) is 23.4 Å². The topological polar surface area (TPSA) is 104 Å². The Bertz CT molecular complexity index is 1020. The monoisotopic (exact) mass is 450 g/mol. The third kappa shape index (κ3) is 5.00. The number of sulfonamides is 1. The fourth-order valence-corrected chi connectivity index (χ4v) is 5.24. The highest BCUT2D eigenvalue weighted by Gasteiger charge is 2.40. The Balaban J connectivity index is 1.76. The van der Waals surface area contributed by atoms with E-state index in [9.17, 15) is 23.1 Å². The lowest BCUT2D eigenvalue weighted by molar-refractivity contribution is -0.142. The molecule has 1 heterocycles. The minimum absolute atomic E-state index is 0.0652. The molecule has 0 aromatic heterocycles. The average molecular weight is 451 g/mol. The highest BCUT2D eigenvalue weighted by Crippen LogP contribution is 2.26. The van der Waals surface area contributed by atoms with E-state index in [-0.39, 0.29) is 17.9 Å². The fourth-order valence-electron chi connectivity index (χ4n) is 3.46. The summed E-state index contributed by atoms with van der Waals surface area (Å²) >= 11 is 5.85. The van der Waals surface area contributed by atoms with Crippen molar-refractivity contribution in [2.24, 2.45) is 0 Å². The number of amides is 1. The van der Waals surface area contributed by atoms with Gasteiger partial charge in [-0.25, -0.2) is 13.2 Å². The summed E-state index contributed by atoms with van der Waals surface area (Å²) in [6.07, 6.45) is 0.929. The zero-order valence-corrected chi connectivity index (χ0v) is 18.0. The van der Waals surface area contributed by atoms with Crippen LogP contribution in [0.1, 0.15) is 24.0 Å². The van der Waals surface area contributed by atoms with Crippen LogP contribution < -0.4 is 5.32 Å². The number of halogens is 1. The second-order valence-electron chi connectivity index (χ2n) is 7.32. The van der Waals surface area contributed by atoms with E-state index in [1.165, 1.54) is 12.1 Å². The normalized spacial score (nSPS) is 18.1. The molecule has 1 aliphatic rings. The molecule has 160 valence electrons. The number of carboxylic acids is 1. The highest BCUT2D eigenvalue weighted by molar-refractivity contribution is 7.89. The Morgan fingerprint density at radius 3 is 2.40 bits per heavy atom. The molecule has 2 atom stereocenters. The molecule has 2 aromatic carbocycles. The number of carbonyl (C=O) groups excluding carboxylic acids is 1. The molecule has 1 fully saturated rings. The summed E-state index contributed by atoms with van der Waals surface area (Å²) in [5, 5.41) is 12.6. The van der Waals surface area contributed by atoms with Crippen molar-refractivity contribution in [3.8, 4) is 0 Å². The Hall–Kier alpha value is -2.42. The second-order valence-corrected chi connectivity index (χ2v) is 9.64. The standard InChI is InChI=1S/C21H23ClN2O5S/c1-14-4-10-17(11-5-14)30(28,29)24-12-2-3-19(24)20(25)23-18(21(26)27)13-15-6-8-16(22)9-7-15/h4-11,18-19H,2-3,12-13H2,1H3,(H,23,25)(H,26,27)/t18-,19-/m0/s1. The molecule has 30 heavy (non-hydrogen) atoms. The number of benzene rings is 2. The fraction of sp³-hybridized carbons (Fsp3) is 0.333. The number of carbonyl (C=O) groups is 2. The Morgan fingerprint density at radius 2 is 1.80 bits per heavy atom. The average Bonchev–Trinajstić information content (AvgIpc) is 3.20. The number of nitrogens with zero attached hydrogens (tertiary/aromatic N) is 1. The van der Waals surface area contributed by atoms with Crippen molar-refractivity contribution in [1.29, 1.82) is 0 Å². The first kappa shape index (κ1) is 22.3. The molecule has 0 radical (unpaired) electrons. The van der Waals surface area contributed by atoms with E-state index in [2.05, 4.69) is 5.32 Å². The van der Waals surface area contributed by atoms with Crippen LogP contribution in [0.5, 0.6) is 0 Å². The van der Waals surface area contributed by atoms with Crippen LogP contribution in [-0.4, -0.2) is 48.3 Å². The summed E-state index contributed by atoms with van der Waals surface area (Å²) in [7, 11) is -3.86. The Morgan fingerprint density at radius 1 is 1.17 bits per heavy atom. The van der Waals surface area contributed by atoms with Gasteiger partial charge < -0.3 is 10.4 Å². The summed E-state index contributed by atoms with van der Waals surface area (Å²) in [6.45, 7) is 2.07. The number of aryl methyl sites for hydroxylation is 1. The van der Waals surface area contributed by atoms with Crippen LogP contribution >= 0.6 is 11.6 Å². The molecule has 1 saturated heterocycles. The molecule has 0 unspecified atom stereocenters. The molecule has 0 saturated carbocycles. The van der Waals surface area contributed by atoms with Crippen LogP contribution in [0, 0.1) is 6.92 Å². The number of hydrogen-bond donors (Lipinski definition) is 2. The lowest BCUT2D eigenvalue weighted by Crippen LogP contribution is -2.51. The number of hydrogen-bond acceptors (Lipinski definition) is 4. The molecule has 0 bridgehead atoms. The lowest BCUT2D eigenvalue weighted by Gasteiger charge is -2.25. The van der Waals surface area contributed by atoms with Gasteiger partial charge in [0, 0.05) is 18.0 Å². The molecule has 3 rings (SSSR count). The van der Waals surface area contributed by atoms with Crippen LogP contribution in [0.3, 0.4) is 0 Å². The van der Waals surface area contributed by atoms with Gasteiger partial charge in [-0.2, -0.15) is 4.31 Å². The summed E-state index contributed by atoms with van der Waals surface area (Å²) in [6, 6.07) is 11.0. The van der Waals surface area contributed by atoms with Gasteiger partial charge in [0.05, 0.1) is 4.90 Å². The first-order valence-corrected chi connectivity index (χ1v) is 11.4. The molecule has 0 aliphatic carbocycles. The third-order valence-electron chi connectivity index (χ3n) is 5.10. The zero-order chi connectivity index (χ0) is 21.9. The Kier molecular flexibility index (Phi) is 6.80. The van der Waals surface area contributed by atoms with E-state index in [0.717, 1.165) is 9.87 Å². The van der Waals surface area contributed by atoms with Crippen molar-refractivity contribution in [3.63, 3.8) is 0 Å². The minimum Gasteiger partial charge on any atom is -0.480 e. The number of carboxylic acid groups (broad SMARTS) is 1. The summed E-state index contributed by atoms with van der Waals surface area (Å²) in [5.41, 5.74) is 1.62. The molecule has 7 nitrogen and oxygen atoms in total. The van der Waals surface area contributed by atoms with Crippen molar-refractivity contribution < 1.29 is 23.1 Å². The maximum absolute atomic E-state index is 13.0. The molecular weight excluding hydrogens is 428 g/mol. The smallest absolute Gasteiger partial charge is 0.326 e. The Labute approximate surface area is 180 Å². The first-order chi connectivity index (χ1) is 14.2. The SMILES string of the molecule is Cc1ccc(S(=O)(=O)N2CCC[C@H]2C(=O)N[C@@H](Cc2ccc(Cl)cc2)C(=O)O)cc1. The van der Waals surface area contributed by atoms with Crippen LogP contribution in [0.4, 0.5) is 0 Å². The number of nitrogens with one attached hydrogen (secondary N) is 1. The summed E-state index contributed by atoms with van der Waals surface area (Å²) < 4.78 is 27.2. The van der Waals surface area contributed by atoms with Gasteiger partial charge in [-0.1, -0.05) is 41.4 Å². The molecule has 1 amide bonds. The van der Waals surface area contributed by atoms with Gasteiger partial charge in [-0.05, 0) is 49.6 Å². The van der Waals surface area contributed by atoms with Crippen LogP contribution in [0.15, 0.2) is 53.4 Å². The highest BCUT2D eigenvalue weighted by atomic mass is 35.5.